The van der Waals surface area contributed by atoms with Gasteiger partial charge in [0.05, 0.1) is 0 Å². The molecule has 1 fully saturated rings. The summed E-state index contributed by atoms with van der Waals surface area (Å²) >= 11 is 1.91. The van der Waals surface area contributed by atoms with E-state index in [-0.39, 0.29) is 0 Å². The number of thiophene rings is 1. The Kier molecular flexibility index (Phi) is 8.64. The molecule has 2 aliphatic rings. The van der Waals surface area contributed by atoms with Crippen LogP contribution in [0.5, 0.6) is 0 Å². The molecular formula is C59H41NS. The van der Waals surface area contributed by atoms with E-state index >= 15 is 0 Å². The molecule has 0 amide bonds. The van der Waals surface area contributed by atoms with Gasteiger partial charge in [-0.25, -0.2) is 0 Å². The summed E-state index contributed by atoms with van der Waals surface area (Å²) in [5.41, 5.74) is 15.0. The SMILES string of the molecule is C1=CC2C(C=C1c1ccccc1)C2N(c1ccc(-c2ccccc2)cc1)c1ccc(-c2ccc(-c3c(-c4ccccc4)c4sc5ccccc5c4c4ccccc34)cc2)cc1. The Bertz CT molecular complexity index is 3270. The molecule has 12 rings (SSSR count). The fraction of sp³-hybridized carbons (Fsp3) is 0.0508. The quantitative estimate of drug-likeness (QED) is 0.148. The van der Waals surface area contributed by atoms with E-state index in [4.69, 9.17) is 0 Å². The van der Waals surface area contributed by atoms with Crippen molar-refractivity contribution in [3.05, 3.63) is 236 Å². The highest BCUT2D eigenvalue weighted by Gasteiger charge is 2.52. The molecule has 0 bridgehead atoms. The lowest BCUT2D eigenvalue weighted by atomic mass is 9.87. The van der Waals surface area contributed by atoms with Gasteiger partial charge in [0.25, 0.3) is 0 Å². The van der Waals surface area contributed by atoms with Gasteiger partial charge in [-0.1, -0.05) is 200 Å². The average molecular weight is 796 g/mol. The summed E-state index contributed by atoms with van der Waals surface area (Å²) in [7, 11) is 0. The van der Waals surface area contributed by atoms with Crippen LogP contribution in [0.3, 0.4) is 0 Å². The normalized spacial score (nSPS) is 16.7. The van der Waals surface area contributed by atoms with Crippen LogP contribution in [0.2, 0.25) is 0 Å². The van der Waals surface area contributed by atoms with Crippen LogP contribution in [0.4, 0.5) is 11.4 Å². The van der Waals surface area contributed by atoms with Gasteiger partial charge in [-0.2, -0.15) is 0 Å². The van der Waals surface area contributed by atoms with Crippen molar-refractivity contribution in [2.45, 2.75) is 6.04 Å². The number of benzene rings is 9. The minimum Gasteiger partial charge on any atom is -0.337 e. The van der Waals surface area contributed by atoms with E-state index in [9.17, 15) is 0 Å². The summed E-state index contributed by atoms with van der Waals surface area (Å²) in [6.07, 6.45) is 7.26. The first-order valence-electron chi connectivity index (χ1n) is 21.3. The Hall–Kier alpha value is -7.26. The van der Waals surface area contributed by atoms with Crippen molar-refractivity contribution in [2.24, 2.45) is 11.8 Å². The minimum atomic E-state index is 0.345. The van der Waals surface area contributed by atoms with Crippen molar-refractivity contribution in [3.8, 4) is 44.5 Å². The maximum absolute atomic E-state index is 2.58. The minimum absolute atomic E-state index is 0.345. The number of hydrogen-bond acceptors (Lipinski definition) is 2. The molecule has 61 heavy (non-hydrogen) atoms. The lowest BCUT2D eigenvalue weighted by Crippen LogP contribution is -2.22. The lowest BCUT2D eigenvalue weighted by Gasteiger charge is -2.26. The van der Waals surface area contributed by atoms with Crippen molar-refractivity contribution in [2.75, 3.05) is 4.90 Å². The molecule has 0 radical (unpaired) electrons. The predicted octanol–water partition coefficient (Wildman–Crippen LogP) is 16.3. The molecule has 1 heterocycles. The van der Waals surface area contributed by atoms with Crippen molar-refractivity contribution >= 4 is 59.2 Å². The lowest BCUT2D eigenvalue weighted by molar-refractivity contribution is 0.904. The number of fused-ring (bicyclic) bond motifs is 6. The van der Waals surface area contributed by atoms with Gasteiger partial charge in [-0.05, 0) is 91.2 Å². The largest absolute Gasteiger partial charge is 0.337 e. The van der Waals surface area contributed by atoms with Crippen molar-refractivity contribution in [3.63, 3.8) is 0 Å². The van der Waals surface area contributed by atoms with Crippen LogP contribution in [0, 0.1) is 11.8 Å². The molecule has 2 heteroatoms. The second-order valence-corrected chi connectivity index (χ2v) is 17.4. The number of nitrogens with zero attached hydrogens (tertiary/aromatic N) is 1. The van der Waals surface area contributed by atoms with E-state index in [0.717, 1.165) is 0 Å². The molecule has 0 aliphatic heterocycles. The predicted molar refractivity (Wildman–Crippen MR) is 261 cm³/mol. The highest BCUT2D eigenvalue weighted by Crippen LogP contribution is 2.54. The third-order valence-corrected chi connectivity index (χ3v) is 14.1. The van der Waals surface area contributed by atoms with E-state index < -0.39 is 0 Å². The van der Waals surface area contributed by atoms with E-state index in [0.29, 0.717) is 17.9 Å². The fourth-order valence-electron chi connectivity index (χ4n) is 9.86. The van der Waals surface area contributed by atoms with E-state index in [2.05, 4.69) is 235 Å². The summed E-state index contributed by atoms with van der Waals surface area (Å²) in [6, 6.07) is 78.2. The topological polar surface area (TPSA) is 3.24 Å². The van der Waals surface area contributed by atoms with Crippen LogP contribution < -0.4 is 4.90 Å². The van der Waals surface area contributed by atoms with Crippen LogP contribution in [0.15, 0.2) is 231 Å². The van der Waals surface area contributed by atoms with E-state index in [1.807, 2.05) is 11.3 Å². The molecule has 0 saturated heterocycles. The summed E-state index contributed by atoms with van der Waals surface area (Å²) in [6.45, 7) is 0. The summed E-state index contributed by atoms with van der Waals surface area (Å²) < 4.78 is 2.67. The van der Waals surface area contributed by atoms with Gasteiger partial charge < -0.3 is 4.90 Å². The number of allylic oxidation sites excluding steroid dienone is 2. The molecule has 3 unspecified atom stereocenters. The second-order valence-electron chi connectivity index (χ2n) is 16.4. The molecule has 1 saturated carbocycles. The summed E-state index contributed by atoms with van der Waals surface area (Å²) in [5, 5.41) is 5.27. The van der Waals surface area contributed by atoms with Gasteiger partial charge in [0.2, 0.25) is 0 Å². The van der Waals surface area contributed by atoms with Gasteiger partial charge in [0, 0.05) is 55.0 Å². The number of rotatable bonds is 8. The summed E-state index contributed by atoms with van der Waals surface area (Å²) in [5.74, 6) is 0.919. The maximum atomic E-state index is 2.58. The highest BCUT2D eigenvalue weighted by atomic mass is 32.1. The number of hydrogen-bond donors (Lipinski definition) is 0. The molecule has 0 spiro atoms. The Morgan fingerprint density at radius 3 is 1.44 bits per heavy atom. The van der Waals surface area contributed by atoms with Crippen LogP contribution >= 0.6 is 11.3 Å². The third-order valence-electron chi connectivity index (χ3n) is 12.9. The first kappa shape index (κ1) is 35.7. The standard InChI is InChI=1S/C59H41NS/c1-4-14-39(15-5-1)42-28-33-47(34-29-42)60(58-51-37-32-46(38-53(51)58)40-16-6-2-7-17-40)48-35-30-43(31-36-48)41-24-26-45(27-25-41)55-49-20-10-11-21-50(49)57-52-22-12-13-23-54(52)61-59(57)56(55)44-18-8-3-9-19-44/h1-38,51,53,58H. The molecule has 10 aromatic rings. The van der Waals surface area contributed by atoms with E-state index in [1.165, 1.54) is 98.0 Å². The zero-order valence-corrected chi connectivity index (χ0v) is 34.3. The van der Waals surface area contributed by atoms with Gasteiger partial charge in [0.15, 0.2) is 0 Å². The molecule has 1 aromatic heterocycles. The molecular weight excluding hydrogens is 755 g/mol. The highest BCUT2D eigenvalue weighted by molar-refractivity contribution is 7.26. The van der Waals surface area contributed by atoms with Gasteiger partial charge in [-0.15, -0.1) is 11.3 Å². The third kappa shape index (κ3) is 6.22. The Balaban J connectivity index is 0.916. The smallest absolute Gasteiger partial charge is 0.0480 e. The van der Waals surface area contributed by atoms with Gasteiger partial charge in [0.1, 0.15) is 0 Å². The monoisotopic (exact) mass is 795 g/mol. The first-order chi connectivity index (χ1) is 30.3. The molecule has 9 aromatic carbocycles. The fourth-order valence-corrected chi connectivity index (χ4v) is 11.1. The molecule has 2 aliphatic carbocycles. The Morgan fingerprint density at radius 2 is 0.820 bits per heavy atom. The zero-order chi connectivity index (χ0) is 40.3. The summed E-state index contributed by atoms with van der Waals surface area (Å²) in [4.78, 5) is 2.58. The van der Waals surface area contributed by atoms with Crippen molar-refractivity contribution in [1.29, 1.82) is 0 Å². The number of anilines is 2. The second kappa shape index (κ2) is 14.8. The van der Waals surface area contributed by atoms with Gasteiger partial charge in [-0.3, -0.25) is 0 Å². The molecule has 288 valence electrons. The first-order valence-corrected chi connectivity index (χ1v) is 22.1. The van der Waals surface area contributed by atoms with Crippen LogP contribution in [0.1, 0.15) is 5.56 Å². The Labute approximate surface area is 360 Å². The van der Waals surface area contributed by atoms with Crippen LogP contribution in [-0.2, 0) is 0 Å². The van der Waals surface area contributed by atoms with Crippen LogP contribution in [0.25, 0.3) is 81.0 Å². The van der Waals surface area contributed by atoms with Crippen molar-refractivity contribution in [1.82, 2.24) is 0 Å². The van der Waals surface area contributed by atoms with Gasteiger partial charge >= 0.3 is 0 Å². The van der Waals surface area contributed by atoms with Crippen molar-refractivity contribution < 1.29 is 0 Å². The van der Waals surface area contributed by atoms with Crippen LogP contribution in [-0.4, -0.2) is 6.04 Å². The maximum Gasteiger partial charge on any atom is 0.0480 e. The zero-order valence-electron chi connectivity index (χ0n) is 33.5. The molecule has 3 atom stereocenters. The molecule has 1 nitrogen and oxygen atoms in total. The molecule has 0 N–H and O–H groups in total. The van der Waals surface area contributed by atoms with E-state index in [1.54, 1.807) is 0 Å². The average Bonchev–Trinajstić information content (AvgIpc) is 3.91. The Morgan fingerprint density at radius 1 is 0.361 bits per heavy atom.